The lowest BCUT2D eigenvalue weighted by atomic mass is 9.86. The van der Waals surface area contributed by atoms with E-state index < -0.39 is 11.3 Å². The summed E-state index contributed by atoms with van der Waals surface area (Å²) in [5.74, 6) is 0.828. The van der Waals surface area contributed by atoms with Crippen LogP contribution in [0.5, 0.6) is 0 Å². The Labute approximate surface area is 147 Å². The number of rotatable bonds is 7. The summed E-state index contributed by atoms with van der Waals surface area (Å²) in [6.45, 7) is 14.3. The Morgan fingerprint density at radius 3 is 2.50 bits per heavy atom. The van der Waals surface area contributed by atoms with Gasteiger partial charge in [-0.05, 0) is 65.7 Å². The van der Waals surface area contributed by atoms with Crippen LogP contribution in [0.4, 0.5) is 4.79 Å². The topological polar surface area (TPSA) is 55.8 Å². The molecular formula is C19H35NO4. The normalized spacial score (nSPS) is 21.8. The van der Waals surface area contributed by atoms with Crippen LogP contribution in [0.1, 0.15) is 74.1 Å². The van der Waals surface area contributed by atoms with Crippen LogP contribution in [0, 0.1) is 11.8 Å². The second-order valence-electron chi connectivity index (χ2n) is 8.66. The van der Waals surface area contributed by atoms with E-state index in [1.54, 1.807) is 4.90 Å². The van der Waals surface area contributed by atoms with Crippen molar-refractivity contribution in [3.8, 4) is 0 Å². The van der Waals surface area contributed by atoms with Crippen molar-refractivity contribution in [1.29, 1.82) is 0 Å². The Balaban J connectivity index is 2.96. The number of nitrogens with zero attached hydrogens (tertiary/aromatic N) is 1. The maximum absolute atomic E-state index is 12.8. The number of aldehydes is 1. The molecule has 1 amide bonds. The molecule has 2 atom stereocenters. The molecule has 0 aromatic rings. The van der Waals surface area contributed by atoms with Gasteiger partial charge in [0, 0.05) is 6.42 Å². The molecule has 0 aliphatic carbocycles. The summed E-state index contributed by atoms with van der Waals surface area (Å²) in [5, 5.41) is 0. The van der Waals surface area contributed by atoms with Crippen molar-refractivity contribution in [3.63, 3.8) is 0 Å². The third-order valence-electron chi connectivity index (χ3n) is 4.32. The van der Waals surface area contributed by atoms with Crippen molar-refractivity contribution in [3.05, 3.63) is 0 Å². The molecule has 1 saturated heterocycles. The third-order valence-corrected chi connectivity index (χ3v) is 4.32. The second-order valence-corrected chi connectivity index (χ2v) is 8.66. The minimum absolute atomic E-state index is 0.0103. The van der Waals surface area contributed by atoms with Crippen LogP contribution in [-0.4, -0.2) is 41.3 Å². The van der Waals surface area contributed by atoms with E-state index in [9.17, 15) is 9.59 Å². The summed E-state index contributed by atoms with van der Waals surface area (Å²) >= 11 is 0. The minimum Gasteiger partial charge on any atom is -0.444 e. The van der Waals surface area contributed by atoms with E-state index in [1.165, 1.54) is 0 Å². The summed E-state index contributed by atoms with van der Waals surface area (Å²) in [5.41, 5.74) is -1.21. The van der Waals surface area contributed by atoms with Gasteiger partial charge < -0.3 is 14.3 Å². The van der Waals surface area contributed by atoms with Gasteiger partial charge in [0.25, 0.3) is 0 Å². The van der Waals surface area contributed by atoms with Crippen molar-refractivity contribution < 1.29 is 19.1 Å². The lowest BCUT2D eigenvalue weighted by molar-refractivity contribution is -0.108. The first-order valence-electron chi connectivity index (χ1n) is 9.08. The van der Waals surface area contributed by atoms with Crippen molar-refractivity contribution in [2.45, 2.75) is 91.5 Å². The molecular weight excluding hydrogens is 306 g/mol. The van der Waals surface area contributed by atoms with Crippen LogP contribution in [0.15, 0.2) is 0 Å². The largest absolute Gasteiger partial charge is 0.444 e. The Bertz CT molecular complexity index is 426. The predicted octanol–water partition coefficient (Wildman–Crippen LogP) is 4.39. The molecule has 1 heterocycles. The molecule has 5 heteroatoms. The number of amides is 1. The van der Waals surface area contributed by atoms with Crippen molar-refractivity contribution in [1.82, 2.24) is 4.90 Å². The average molecular weight is 341 g/mol. The van der Waals surface area contributed by atoms with Crippen LogP contribution < -0.4 is 0 Å². The van der Waals surface area contributed by atoms with Gasteiger partial charge in [-0.25, -0.2) is 4.79 Å². The molecule has 0 spiro atoms. The van der Waals surface area contributed by atoms with Gasteiger partial charge in [0.2, 0.25) is 0 Å². The maximum Gasteiger partial charge on any atom is 0.412 e. The highest BCUT2D eigenvalue weighted by atomic mass is 16.6. The number of hydrogen-bond donors (Lipinski definition) is 0. The van der Waals surface area contributed by atoms with Gasteiger partial charge in [0.1, 0.15) is 17.6 Å². The summed E-state index contributed by atoms with van der Waals surface area (Å²) in [4.78, 5) is 25.2. The summed E-state index contributed by atoms with van der Waals surface area (Å²) in [7, 11) is 0. The zero-order valence-corrected chi connectivity index (χ0v) is 16.4. The molecule has 0 unspecified atom stereocenters. The van der Waals surface area contributed by atoms with E-state index in [4.69, 9.17) is 9.47 Å². The highest BCUT2D eigenvalue weighted by Gasteiger charge is 2.48. The zero-order valence-electron chi connectivity index (χ0n) is 16.4. The molecule has 140 valence electrons. The van der Waals surface area contributed by atoms with Crippen LogP contribution in [0.2, 0.25) is 0 Å². The Kier molecular flexibility index (Phi) is 7.26. The third kappa shape index (κ3) is 6.08. The second kappa shape index (κ2) is 8.32. The lowest BCUT2D eigenvalue weighted by Crippen LogP contribution is -2.52. The summed E-state index contributed by atoms with van der Waals surface area (Å²) in [6, 6.07) is -0.0103. The highest BCUT2D eigenvalue weighted by molar-refractivity contribution is 5.69. The van der Waals surface area contributed by atoms with Gasteiger partial charge >= 0.3 is 6.09 Å². The molecule has 0 aromatic carbocycles. The van der Waals surface area contributed by atoms with E-state index in [-0.39, 0.29) is 12.1 Å². The number of carbonyl (C=O) groups excluding carboxylic acids is 2. The van der Waals surface area contributed by atoms with Gasteiger partial charge in [-0.3, -0.25) is 4.90 Å². The van der Waals surface area contributed by atoms with Crippen molar-refractivity contribution >= 4 is 12.4 Å². The standard InChI is InChI=1S/C19H35NO4/c1-14(2)12-15(10-8-9-11-21)16-13-23-19(6,7)20(16)17(22)24-18(3,4)5/h11,14-16H,8-10,12-13H2,1-7H3/t15-,16-/m0/s1. The fraction of sp³-hybridized carbons (Fsp3) is 0.895. The van der Waals surface area contributed by atoms with E-state index in [2.05, 4.69) is 13.8 Å². The quantitative estimate of drug-likeness (QED) is 0.509. The molecule has 0 saturated carbocycles. The van der Waals surface area contributed by atoms with Gasteiger partial charge in [-0.15, -0.1) is 0 Å². The number of ether oxygens (including phenoxy) is 2. The van der Waals surface area contributed by atoms with E-state index in [0.717, 1.165) is 25.5 Å². The first-order chi connectivity index (χ1) is 11.0. The molecule has 24 heavy (non-hydrogen) atoms. The molecule has 1 fully saturated rings. The van der Waals surface area contributed by atoms with Crippen LogP contribution in [0.25, 0.3) is 0 Å². The molecule has 0 N–H and O–H groups in total. The van der Waals surface area contributed by atoms with E-state index in [1.807, 2.05) is 34.6 Å². The van der Waals surface area contributed by atoms with Crippen molar-refractivity contribution in [2.24, 2.45) is 11.8 Å². The fourth-order valence-corrected chi connectivity index (χ4v) is 3.38. The van der Waals surface area contributed by atoms with Gasteiger partial charge in [0.15, 0.2) is 0 Å². The smallest absolute Gasteiger partial charge is 0.412 e. The average Bonchev–Trinajstić information content (AvgIpc) is 2.71. The summed E-state index contributed by atoms with van der Waals surface area (Å²) < 4.78 is 11.5. The van der Waals surface area contributed by atoms with Crippen LogP contribution >= 0.6 is 0 Å². The fourth-order valence-electron chi connectivity index (χ4n) is 3.38. The first kappa shape index (κ1) is 20.9. The molecule has 1 rings (SSSR count). The van der Waals surface area contributed by atoms with E-state index in [0.29, 0.717) is 24.9 Å². The first-order valence-corrected chi connectivity index (χ1v) is 9.08. The molecule has 1 aliphatic heterocycles. The Hall–Kier alpha value is -1.10. The van der Waals surface area contributed by atoms with Gasteiger partial charge in [-0.1, -0.05) is 13.8 Å². The Morgan fingerprint density at radius 2 is 2.00 bits per heavy atom. The van der Waals surface area contributed by atoms with Crippen LogP contribution in [0.3, 0.4) is 0 Å². The monoisotopic (exact) mass is 341 g/mol. The molecule has 0 bridgehead atoms. The van der Waals surface area contributed by atoms with Crippen LogP contribution in [-0.2, 0) is 14.3 Å². The molecule has 0 aromatic heterocycles. The van der Waals surface area contributed by atoms with Gasteiger partial charge in [-0.2, -0.15) is 0 Å². The number of unbranched alkanes of at least 4 members (excludes halogenated alkanes) is 1. The predicted molar refractivity (Wildman–Crippen MR) is 94.8 cm³/mol. The SMILES string of the molecule is CC(C)C[C@H](CCCC=O)[C@@H]1COC(C)(C)N1C(=O)OC(C)(C)C. The number of carbonyl (C=O) groups is 2. The minimum atomic E-state index is -0.674. The molecule has 1 aliphatic rings. The highest BCUT2D eigenvalue weighted by Crippen LogP contribution is 2.36. The number of hydrogen-bond acceptors (Lipinski definition) is 4. The Morgan fingerprint density at radius 1 is 1.38 bits per heavy atom. The lowest BCUT2D eigenvalue weighted by Gasteiger charge is -2.38. The van der Waals surface area contributed by atoms with E-state index >= 15 is 0 Å². The maximum atomic E-state index is 12.8. The molecule has 5 nitrogen and oxygen atoms in total. The molecule has 0 radical (unpaired) electrons. The van der Waals surface area contributed by atoms with Gasteiger partial charge in [0.05, 0.1) is 12.6 Å². The zero-order chi connectivity index (χ0) is 18.5. The van der Waals surface area contributed by atoms with Crippen molar-refractivity contribution in [2.75, 3.05) is 6.61 Å². The summed E-state index contributed by atoms with van der Waals surface area (Å²) in [6.07, 6.45) is 3.98.